The third kappa shape index (κ3) is 4.17. The van der Waals surface area contributed by atoms with Gasteiger partial charge >= 0.3 is 6.18 Å². The average molecular weight is 438 g/mol. The van der Waals surface area contributed by atoms with Gasteiger partial charge in [-0.05, 0) is 72.9 Å². The molecule has 1 spiro atoms. The van der Waals surface area contributed by atoms with Gasteiger partial charge in [0.05, 0.1) is 25.9 Å². The van der Waals surface area contributed by atoms with Crippen LogP contribution in [0.2, 0.25) is 0 Å². The Bertz CT molecular complexity index is 927. The summed E-state index contributed by atoms with van der Waals surface area (Å²) < 4.78 is 70.9. The predicted molar refractivity (Wildman–Crippen MR) is 108 cm³/mol. The summed E-state index contributed by atoms with van der Waals surface area (Å²) in [4.78, 5) is 0. The van der Waals surface area contributed by atoms with Crippen molar-refractivity contribution in [1.82, 2.24) is 0 Å². The maximum absolute atomic E-state index is 13.4. The summed E-state index contributed by atoms with van der Waals surface area (Å²) in [6.45, 7) is 0.682. The Morgan fingerprint density at radius 1 is 1.03 bits per heavy atom. The standard InChI is InChI=1S/C24H26F4O3/c1-29-21-8-5-18(24(26,27)28)11-20(21)23(30-2)13-22(14-31-15-23)10-9-17(12-22)16-3-6-19(25)7-4-16/h3-8,11,17H,9-10,12-15H2,1-2H3. The van der Waals surface area contributed by atoms with E-state index in [-0.39, 0.29) is 23.8 Å². The van der Waals surface area contributed by atoms with E-state index in [0.29, 0.717) is 24.3 Å². The lowest BCUT2D eigenvalue weighted by atomic mass is 9.71. The van der Waals surface area contributed by atoms with Crippen LogP contribution in [0.1, 0.15) is 48.3 Å². The number of hydrogen-bond acceptors (Lipinski definition) is 3. The first-order valence-corrected chi connectivity index (χ1v) is 10.3. The lowest BCUT2D eigenvalue weighted by Gasteiger charge is -2.46. The molecule has 1 aliphatic carbocycles. The van der Waals surface area contributed by atoms with E-state index in [1.54, 1.807) is 0 Å². The zero-order chi connectivity index (χ0) is 22.3. The van der Waals surface area contributed by atoms with E-state index in [1.807, 2.05) is 12.1 Å². The molecule has 0 aromatic heterocycles. The molecule has 0 N–H and O–H groups in total. The number of benzene rings is 2. The lowest BCUT2D eigenvalue weighted by molar-refractivity contribution is -0.165. The van der Waals surface area contributed by atoms with E-state index in [9.17, 15) is 17.6 Å². The molecule has 2 aliphatic rings. The van der Waals surface area contributed by atoms with Crippen molar-refractivity contribution in [1.29, 1.82) is 0 Å². The first-order valence-electron chi connectivity index (χ1n) is 10.3. The molecule has 4 rings (SSSR count). The monoisotopic (exact) mass is 438 g/mol. The first kappa shape index (κ1) is 22.1. The highest BCUT2D eigenvalue weighted by atomic mass is 19.4. The Labute approximate surface area is 179 Å². The molecule has 1 saturated carbocycles. The minimum Gasteiger partial charge on any atom is -0.496 e. The Kier molecular flexibility index (Phi) is 5.77. The maximum atomic E-state index is 13.4. The van der Waals surface area contributed by atoms with Gasteiger partial charge in [-0.2, -0.15) is 13.2 Å². The molecule has 31 heavy (non-hydrogen) atoms. The van der Waals surface area contributed by atoms with Crippen LogP contribution in [0.4, 0.5) is 17.6 Å². The Balaban J connectivity index is 1.66. The van der Waals surface area contributed by atoms with Crippen LogP contribution in [0.5, 0.6) is 5.75 Å². The smallest absolute Gasteiger partial charge is 0.416 e. The van der Waals surface area contributed by atoms with Gasteiger partial charge < -0.3 is 14.2 Å². The molecular weight excluding hydrogens is 412 g/mol. The van der Waals surface area contributed by atoms with Crippen molar-refractivity contribution in [3.8, 4) is 5.75 Å². The third-order valence-corrected chi connectivity index (χ3v) is 6.86. The zero-order valence-electron chi connectivity index (χ0n) is 17.6. The molecule has 2 aromatic carbocycles. The quantitative estimate of drug-likeness (QED) is 0.543. The second-order valence-electron chi connectivity index (χ2n) is 8.77. The summed E-state index contributed by atoms with van der Waals surface area (Å²) >= 11 is 0. The Hall–Kier alpha value is -2.12. The summed E-state index contributed by atoms with van der Waals surface area (Å²) in [7, 11) is 2.95. The molecule has 7 heteroatoms. The molecule has 0 amide bonds. The molecule has 1 aliphatic heterocycles. The summed E-state index contributed by atoms with van der Waals surface area (Å²) in [6.07, 6.45) is -1.35. The van der Waals surface area contributed by atoms with Crippen LogP contribution in [0.25, 0.3) is 0 Å². The largest absolute Gasteiger partial charge is 0.496 e. The molecule has 0 radical (unpaired) electrons. The fourth-order valence-corrected chi connectivity index (χ4v) is 5.31. The van der Waals surface area contributed by atoms with Gasteiger partial charge in [0.1, 0.15) is 17.2 Å². The van der Waals surface area contributed by atoms with Crippen molar-refractivity contribution in [2.75, 3.05) is 27.4 Å². The summed E-state index contributed by atoms with van der Waals surface area (Å²) in [5.41, 5.74) is -0.579. The van der Waals surface area contributed by atoms with Gasteiger partial charge in [0, 0.05) is 12.7 Å². The van der Waals surface area contributed by atoms with Crippen LogP contribution in [-0.2, 0) is 21.3 Å². The number of methoxy groups -OCH3 is 2. The molecular formula is C24H26F4O3. The van der Waals surface area contributed by atoms with Crippen molar-refractivity contribution in [3.05, 3.63) is 65.0 Å². The Morgan fingerprint density at radius 2 is 1.77 bits per heavy atom. The molecule has 2 fully saturated rings. The zero-order valence-corrected chi connectivity index (χ0v) is 17.6. The summed E-state index contributed by atoms with van der Waals surface area (Å²) in [5.74, 6) is 0.330. The van der Waals surface area contributed by atoms with Crippen LogP contribution >= 0.6 is 0 Å². The van der Waals surface area contributed by atoms with Crippen molar-refractivity contribution in [2.24, 2.45) is 5.41 Å². The van der Waals surface area contributed by atoms with E-state index in [0.717, 1.165) is 37.0 Å². The van der Waals surface area contributed by atoms with Gasteiger partial charge in [0.2, 0.25) is 0 Å². The van der Waals surface area contributed by atoms with E-state index < -0.39 is 17.3 Å². The van der Waals surface area contributed by atoms with Crippen LogP contribution in [0.15, 0.2) is 42.5 Å². The number of hydrogen-bond donors (Lipinski definition) is 0. The number of halogens is 4. The van der Waals surface area contributed by atoms with Crippen molar-refractivity contribution >= 4 is 0 Å². The SMILES string of the molecule is COc1ccc(C(F)(F)F)cc1C1(OC)COCC2(CCC(c3ccc(F)cc3)C2)C1. The summed E-state index contributed by atoms with van der Waals surface area (Å²) in [6, 6.07) is 10.0. The van der Waals surface area contributed by atoms with E-state index >= 15 is 0 Å². The fraction of sp³-hybridized carbons (Fsp3) is 0.500. The highest BCUT2D eigenvalue weighted by Gasteiger charge is 2.52. The van der Waals surface area contributed by atoms with Gasteiger partial charge in [0.25, 0.3) is 0 Å². The van der Waals surface area contributed by atoms with Crippen molar-refractivity contribution in [2.45, 2.75) is 43.4 Å². The van der Waals surface area contributed by atoms with Crippen LogP contribution in [0, 0.1) is 11.2 Å². The third-order valence-electron chi connectivity index (χ3n) is 6.86. The van der Waals surface area contributed by atoms with Gasteiger partial charge in [-0.1, -0.05) is 12.1 Å². The molecule has 3 unspecified atom stereocenters. The highest BCUT2D eigenvalue weighted by molar-refractivity contribution is 5.43. The molecule has 168 valence electrons. The van der Waals surface area contributed by atoms with Crippen molar-refractivity contribution in [3.63, 3.8) is 0 Å². The topological polar surface area (TPSA) is 27.7 Å². The number of alkyl halides is 3. The van der Waals surface area contributed by atoms with Crippen LogP contribution in [-0.4, -0.2) is 27.4 Å². The van der Waals surface area contributed by atoms with Gasteiger partial charge in [-0.25, -0.2) is 4.39 Å². The minimum absolute atomic E-state index is 0.157. The molecule has 0 bridgehead atoms. The average Bonchev–Trinajstić information content (AvgIpc) is 3.15. The Morgan fingerprint density at radius 3 is 2.42 bits per heavy atom. The fourth-order valence-electron chi connectivity index (χ4n) is 5.31. The van der Waals surface area contributed by atoms with Gasteiger partial charge in [0.15, 0.2) is 0 Å². The molecule has 3 atom stereocenters. The van der Waals surface area contributed by atoms with Crippen molar-refractivity contribution < 1.29 is 31.8 Å². The second kappa shape index (κ2) is 8.10. The van der Waals surface area contributed by atoms with E-state index in [2.05, 4.69) is 0 Å². The van der Waals surface area contributed by atoms with E-state index in [4.69, 9.17) is 14.2 Å². The molecule has 2 aromatic rings. The molecule has 1 heterocycles. The highest BCUT2D eigenvalue weighted by Crippen LogP contribution is 2.56. The second-order valence-corrected chi connectivity index (χ2v) is 8.77. The predicted octanol–water partition coefficient (Wildman–Crippen LogP) is 6.07. The van der Waals surface area contributed by atoms with Crippen LogP contribution < -0.4 is 4.74 Å². The number of ether oxygens (including phenoxy) is 3. The van der Waals surface area contributed by atoms with Gasteiger partial charge in [-0.3, -0.25) is 0 Å². The lowest BCUT2D eigenvalue weighted by Crippen LogP contribution is -2.47. The first-order chi connectivity index (χ1) is 14.7. The molecule has 1 saturated heterocycles. The normalized spacial score (nSPS) is 28.8. The minimum atomic E-state index is -4.47. The molecule has 3 nitrogen and oxygen atoms in total. The maximum Gasteiger partial charge on any atom is 0.416 e. The number of rotatable bonds is 4. The van der Waals surface area contributed by atoms with E-state index in [1.165, 1.54) is 32.4 Å². The van der Waals surface area contributed by atoms with Crippen LogP contribution in [0.3, 0.4) is 0 Å². The summed E-state index contributed by atoms with van der Waals surface area (Å²) in [5, 5.41) is 0. The van der Waals surface area contributed by atoms with Gasteiger partial charge in [-0.15, -0.1) is 0 Å².